The van der Waals surface area contributed by atoms with E-state index in [0.717, 1.165) is 0 Å². The molecule has 0 bridgehead atoms. The van der Waals surface area contributed by atoms with Gasteiger partial charge in [0.15, 0.2) is 0 Å². The molecule has 1 rings (SSSR count). The van der Waals surface area contributed by atoms with E-state index in [9.17, 15) is 18.0 Å². The summed E-state index contributed by atoms with van der Waals surface area (Å²) in [6.07, 6.45) is -4.55. The van der Waals surface area contributed by atoms with E-state index >= 15 is 0 Å². The van der Waals surface area contributed by atoms with Crippen LogP contribution in [0.3, 0.4) is 0 Å². The summed E-state index contributed by atoms with van der Waals surface area (Å²) in [5.41, 5.74) is 5.20. The Morgan fingerprint density at radius 3 is 2.44 bits per heavy atom. The number of hydrogen-bond acceptors (Lipinski definition) is 5. The number of amides is 1. The minimum Gasteiger partial charge on any atom is -0.320 e. The first-order valence-corrected chi connectivity index (χ1v) is 4.59. The summed E-state index contributed by atoms with van der Waals surface area (Å²) in [5.74, 6) is -0.611. The number of nitrogens with two attached hydrogens (primary N) is 1. The van der Waals surface area contributed by atoms with E-state index in [0.29, 0.717) is 0 Å². The zero-order chi connectivity index (χ0) is 11.6. The Morgan fingerprint density at radius 1 is 1.50 bits per heavy atom. The van der Waals surface area contributed by atoms with Crippen molar-refractivity contribution in [2.45, 2.75) is 19.1 Å². The third kappa shape index (κ3) is 3.91. The zero-order valence-electron chi connectivity index (χ0n) is 7.91. The third-order valence-electron chi connectivity index (χ3n) is 1.31. The van der Waals surface area contributed by atoms with Crippen LogP contribution in [0.1, 0.15) is 11.9 Å². The first-order valence-electron chi connectivity index (χ1n) is 3.78. The van der Waals surface area contributed by atoms with Gasteiger partial charge in [-0.1, -0.05) is 11.3 Å². The van der Waals surface area contributed by atoms with Crippen LogP contribution in [-0.2, 0) is 11.0 Å². The lowest BCUT2D eigenvalue weighted by Crippen LogP contribution is -2.32. The van der Waals surface area contributed by atoms with Crippen molar-refractivity contribution in [3.05, 3.63) is 5.01 Å². The number of alkyl halides is 3. The van der Waals surface area contributed by atoms with Crippen LogP contribution in [0.4, 0.5) is 18.3 Å². The smallest absolute Gasteiger partial charge is 0.320 e. The highest BCUT2D eigenvalue weighted by Crippen LogP contribution is 2.32. The SMILES string of the molecule is CC(N)C(=O)Nc1nnc(C(F)(F)F)s1.Cl. The molecule has 0 spiro atoms. The highest BCUT2D eigenvalue weighted by molar-refractivity contribution is 7.15. The summed E-state index contributed by atoms with van der Waals surface area (Å²) in [7, 11) is 0. The molecule has 0 saturated heterocycles. The molecule has 0 aliphatic carbocycles. The normalized spacial score (nSPS) is 12.8. The molecule has 1 atom stereocenters. The first kappa shape index (κ1) is 15.1. The van der Waals surface area contributed by atoms with Crippen molar-refractivity contribution < 1.29 is 18.0 Å². The molecule has 1 amide bonds. The summed E-state index contributed by atoms with van der Waals surface area (Å²) in [4.78, 5) is 11.0. The number of hydrogen-bond donors (Lipinski definition) is 2. The van der Waals surface area contributed by atoms with E-state index < -0.39 is 23.1 Å². The average Bonchev–Trinajstić information content (AvgIpc) is 2.51. The summed E-state index contributed by atoms with van der Waals surface area (Å²) in [5, 5.41) is 6.84. The molecule has 1 heterocycles. The van der Waals surface area contributed by atoms with Crippen molar-refractivity contribution in [1.29, 1.82) is 0 Å². The van der Waals surface area contributed by atoms with Crippen LogP contribution in [0.15, 0.2) is 0 Å². The minimum atomic E-state index is -4.55. The van der Waals surface area contributed by atoms with E-state index in [1.165, 1.54) is 6.92 Å². The Kier molecular flexibility index (Phi) is 5.10. The van der Waals surface area contributed by atoms with Gasteiger partial charge in [-0.2, -0.15) is 13.2 Å². The number of anilines is 1. The maximum absolute atomic E-state index is 12.1. The fourth-order valence-electron chi connectivity index (χ4n) is 0.608. The standard InChI is InChI=1S/C6H7F3N4OS.ClH/c1-2(10)3(14)11-5-13-12-4(15-5)6(7,8)9;/h2H,10H2,1H3,(H,11,13,14);1H. The van der Waals surface area contributed by atoms with Crippen molar-refractivity contribution in [3.8, 4) is 0 Å². The van der Waals surface area contributed by atoms with Crippen molar-refractivity contribution in [2.75, 3.05) is 5.32 Å². The first-order chi connectivity index (χ1) is 6.80. The van der Waals surface area contributed by atoms with Crippen molar-refractivity contribution in [1.82, 2.24) is 10.2 Å². The molecule has 5 nitrogen and oxygen atoms in total. The van der Waals surface area contributed by atoms with Crippen molar-refractivity contribution in [3.63, 3.8) is 0 Å². The molecule has 0 aliphatic heterocycles. The Bertz CT molecular complexity index is 367. The van der Waals surface area contributed by atoms with Gasteiger partial charge >= 0.3 is 6.18 Å². The molecular weight excluding hydrogens is 269 g/mol. The van der Waals surface area contributed by atoms with Gasteiger partial charge in [-0.15, -0.1) is 22.6 Å². The molecule has 10 heteroatoms. The number of halogens is 4. The molecule has 0 aliphatic rings. The number of rotatable bonds is 2. The van der Waals surface area contributed by atoms with Crippen LogP contribution < -0.4 is 11.1 Å². The average molecular weight is 277 g/mol. The van der Waals surface area contributed by atoms with Gasteiger partial charge in [-0.3, -0.25) is 10.1 Å². The fourth-order valence-corrected chi connectivity index (χ4v) is 1.22. The van der Waals surface area contributed by atoms with Crippen LogP contribution in [-0.4, -0.2) is 22.1 Å². The minimum absolute atomic E-state index is 0. The maximum atomic E-state index is 12.1. The van der Waals surface area contributed by atoms with Gasteiger partial charge in [-0.25, -0.2) is 0 Å². The quantitative estimate of drug-likeness (QED) is 0.852. The number of nitrogens with zero attached hydrogens (tertiary/aromatic N) is 2. The number of nitrogens with one attached hydrogen (secondary N) is 1. The molecular formula is C6H8ClF3N4OS. The molecule has 16 heavy (non-hydrogen) atoms. The van der Waals surface area contributed by atoms with E-state index in [1.807, 2.05) is 0 Å². The van der Waals surface area contributed by atoms with Crippen LogP contribution in [0.25, 0.3) is 0 Å². The number of carbonyl (C=O) groups is 1. The predicted molar refractivity (Wildman–Crippen MR) is 54.4 cm³/mol. The summed E-state index contributed by atoms with van der Waals surface area (Å²) in [6, 6.07) is -0.816. The lowest BCUT2D eigenvalue weighted by molar-refractivity contribution is -0.138. The highest BCUT2D eigenvalue weighted by atomic mass is 35.5. The van der Waals surface area contributed by atoms with Gasteiger partial charge in [0.05, 0.1) is 6.04 Å². The molecule has 0 fully saturated rings. The topological polar surface area (TPSA) is 80.9 Å². The van der Waals surface area contributed by atoms with Crippen LogP contribution in [0.2, 0.25) is 0 Å². The Balaban J connectivity index is 0.00000225. The number of aromatic nitrogens is 2. The predicted octanol–water partition coefficient (Wildman–Crippen LogP) is 1.26. The van der Waals surface area contributed by atoms with Gasteiger partial charge in [0.2, 0.25) is 16.0 Å². The lowest BCUT2D eigenvalue weighted by Gasteiger charge is -2.02. The highest BCUT2D eigenvalue weighted by Gasteiger charge is 2.35. The van der Waals surface area contributed by atoms with E-state index in [-0.39, 0.29) is 28.9 Å². The summed E-state index contributed by atoms with van der Waals surface area (Å²) < 4.78 is 36.2. The van der Waals surface area contributed by atoms with Crippen LogP contribution >= 0.6 is 23.7 Å². The monoisotopic (exact) mass is 276 g/mol. The molecule has 1 unspecified atom stereocenters. The lowest BCUT2D eigenvalue weighted by atomic mass is 10.3. The van der Waals surface area contributed by atoms with Gasteiger partial charge in [0.1, 0.15) is 0 Å². The fraction of sp³-hybridized carbons (Fsp3) is 0.500. The van der Waals surface area contributed by atoms with Crippen molar-refractivity contribution >= 4 is 34.8 Å². The molecule has 3 N–H and O–H groups in total. The Hall–Kier alpha value is -0.930. The van der Waals surface area contributed by atoms with Crippen LogP contribution in [0.5, 0.6) is 0 Å². The van der Waals surface area contributed by atoms with Gasteiger partial charge < -0.3 is 5.73 Å². The second kappa shape index (κ2) is 5.41. The molecule has 0 saturated carbocycles. The summed E-state index contributed by atoms with van der Waals surface area (Å²) >= 11 is 0.251. The zero-order valence-corrected chi connectivity index (χ0v) is 9.54. The van der Waals surface area contributed by atoms with E-state index in [1.54, 1.807) is 0 Å². The van der Waals surface area contributed by atoms with E-state index in [2.05, 4.69) is 15.5 Å². The second-order valence-corrected chi connectivity index (χ2v) is 3.67. The van der Waals surface area contributed by atoms with E-state index in [4.69, 9.17) is 5.73 Å². The Labute approximate surface area is 98.6 Å². The van der Waals surface area contributed by atoms with Crippen molar-refractivity contribution in [2.24, 2.45) is 5.73 Å². The largest absolute Gasteiger partial charge is 0.445 e. The Morgan fingerprint density at radius 2 is 2.06 bits per heavy atom. The maximum Gasteiger partial charge on any atom is 0.445 e. The molecule has 1 aromatic heterocycles. The van der Waals surface area contributed by atoms with Gasteiger partial charge in [-0.05, 0) is 6.92 Å². The third-order valence-corrected chi connectivity index (χ3v) is 2.19. The van der Waals surface area contributed by atoms with Gasteiger partial charge in [0, 0.05) is 0 Å². The second-order valence-electron chi connectivity index (χ2n) is 2.69. The van der Waals surface area contributed by atoms with Crippen LogP contribution in [0, 0.1) is 0 Å². The molecule has 1 aromatic rings. The molecule has 92 valence electrons. The van der Waals surface area contributed by atoms with Gasteiger partial charge in [0.25, 0.3) is 0 Å². The molecule has 0 radical (unpaired) electrons. The summed E-state index contributed by atoms with van der Waals surface area (Å²) in [6.45, 7) is 1.40. The number of carbonyl (C=O) groups excluding carboxylic acids is 1. The molecule has 0 aromatic carbocycles.